The Labute approximate surface area is 174 Å². The first-order valence-electron chi connectivity index (χ1n) is 10.1. The van der Waals surface area contributed by atoms with Gasteiger partial charge in [-0.1, -0.05) is 20.4 Å². The Bertz CT molecular complexity index is 1030. The molecule has 0 aliphatic rings. The van der Waals surface area contributed by atoms with Gasteiger partial charge in [0.25, 0.3) is 0 Å². The summed E-state index contributed by atoms with van der Waals surface area (Å²) in [6.07, 6.45) is 1.40. The number of allylic oxidation sites excluding steroid dienone is 1. The van der Waals surface area contributed by atoms with E-state index in [-0.39, 0.29) is 29.8 Å². The van der Waals surface area contributed by atoms with Crippen LogP contribution in [0.2, 0.25) is 0 Å². The minimum absolute atomic E-state index is 0.0365. The number of hydrogen-bond acceptors (Lipinski definition) is 2. The molecule has 1 heterocycles. The van der Waals surface area contributed by atoms with Crippen LogP contribution in [0.3, 0.4) is 0 Å². The fourth-order valence-corrected chi connectivity index (χ4v) is 3.92. The molecule has 0 radical (unpaired) electrons. The molecular formula is C24H27F3N2O. The van der Waals surface area contributed by atoms with Crippen LogP contribution in [-0.2, 0) is 6.42 Å². The van der Waals surface area contributed by atoms with E-state index in [1.54, 1.807) is 12.1 Å². The third kappa shape index (κ3) is 4.87. The summed E-state index contributed by atoms with van der Waals surface area (Å²) in [5.41, 5.74) is 3.30. The Kier molecular flexibility index (Phi) is 6.87. The van der Waals surface area contributed by atoms with Crippen LogP contribution in [0, 0.1) is 29.3 Å². The predicted molar refractivity (Wildman–Crippen MR) is 114 cm³/mol. The number of H-pyrrole nitrogens is 1. The largest absolute Gasteiger partial charge is 0.395 e. The van der Waals surface area contributed by atoms with Gasteiger partial charge in [-0.05, 0) is 66.1 Å². The molecule has 0 aliphatic heterocycles. The van der Waals surface area contributed by atoms with Gasteiger partial charge in [-0.3, -0.25) is 0 Å². The molecule has 0 saturated heterocycles. The van der Waals surface area contributed by atoms with Crippen molar-refractivity contribution in [2.75, 3.05) is 13.2 Å². The van der Waals surface area contributed by atoms with Gasteiger partial charge in [0.15, 0.2) is 0 Å². The Morgan fingerprint density at radius 2 is 1.80 bits per heavy atom. The predicted octanol–water partition coefficient (Wildman–Crippen LogP) is 5.55. The highest BCUT2D eigenvalue weighted by Crippen LogP contribution is 2.35. The van der Waals surface area contributed by atoms with Gasteiger partial charge >= 0.3 is 0 Å². The van der Waals surface area contributed by atoms with Gasteiger partial charge in [0, 0.05) is 29.4 Å². The van der Waals surface area contributed by atoms with Crippen molar-refractivity contribution in [3.63, 3.8) is 0 Å². The molecule has 3 nitrogen and oxygen atoms in total. The fraction of sp³-hybridized carbons (Fsp3) is 0.333. The molecule has 6 heteroatoms. The van der Waals surface area contributed by atoms with Crippen molar-refractivity contribution in [2.45, 2.75) is 26.7 Å². The Hall–Kier alpha value is -2.73. The molecule has 3 N–H and O–H groups in total. The normalized spacial score (nSPS) is 13.4. The van der Waals surface area contributed by atoms with E-state index in [1.165, 1.54) is 18.2 Å². The highest BCUT2D eigenvalue weighted by molar-refractivity contribution is 5.91. The van der Waals surface area contributed by atoms with E-state index in [0.717, 1.165) is 29.3 Å². The molecule has 30 heavy (non-hydrogen) atoms. The molecule has 3 aromatic rings. The Balaban J connectivity index is 1.94. The van der Waals surface area contributed by atoms with E-state index in [4.69, 9.17) is 5.11 Å². The number of fused-ring (bicyclic) bond motifs is 1. The van der Waals surface area contributed by atoms with Crippen molar-refractivity contribution in [2.24, 2.45) is 11.8 Å². The minimum atomic E-state index is -0.651. The lowest BCUT2D eigenvalue weighted by Gasteiger charge is -2.21. The van der Waals surface area contributed by atoms with Crippen LogP contribution in [-0.4, -0.2) is 23.2 Å². The minimum Gasteiger partial charge on any atom is -0.395 e. The highest BCUT2D eigenvalue weighted by atomic mass is 19.1. The van der Waals surface area contributed by atoms with Gasteiger partial charge in [0.1, 0.15) is 17.5 Å². The number of aromatic amines is 1. The summed E-state index contributed by atoms with van der Waals surface area (Å²) in [6.45, 7) is 8.65. The summed E-state index contributed by atoms with van der Waals surface area (Å²) in [5.74, 6) is -1.28. The fourth-order valence-electron chi connectivity index (χ4n) is 3.92. The summed E-state index contributed by atoms with van der Waals surface area (Å²) in [5, 5.41) is 12.6. The SMILES string of the molecule is C=C(NCCO)C(C)CC(C)Cc1c(-c2ccc(F)cc2)[nH]c2c(F)cc(F)cc12. The number of halogens is 3. The van der Waals surface area contributed by atoms with Crippen molar-refractivity contribution in [1.29, 1.82) is 0 Å². The van der Waals surface area contributed by atoms with Crippen molar-refractivity contribution in [1.82, 2.24) is 10.3 Å². The summed E-state index contributed by atoms with van der Waals surface area (Å²) in [4.78, 5) is 3.08. The van der Waals surface area contributed by atoms with E-state index < -0.39 is 11.6 Å². The molecule has 0 amide bonds. The molecule has 0 saturated carbocycles. The van der Waals surface area contributed by atoms with Gasteiger partial charge in [-0.25, -0.2) is 13.2 Å². The molecule has 2 aromatic carbocycles. The van der Waals surface area contributed by atoms with E-state index in [2.05, 4.69) is 30.7 Å². The second-order valence-electron chi connectivity index (χ2n) is 7.92. The van der Waals surface area contributed by atoms with Crippen LogP contribution in [0.15, 0.2) is 48.7 Å². The number of aliphatic hydroxyl groups excluding tert-OH is 1. The quantitative estimate of drug-likeness (QED) is 0.428. The summed E-state index contributed by atoms with van der Waals surface area (Å²) in [7, 11) is 0. The van der Waals surface area contributed by atoms with Crippen LogP contribution >= 0.6 is 0 Å². The Morgan fingerprint density at radius 3 is 2.47 bits per heavy atom. The first-order valence-corrected chi connectivity index (χ1v) is 10.1. The van der Waals surface area contributed by atoms with Gasteiger partial charge in [0.2, 0.25) is 0 Å². The zero-order valence-electron chi connectivity index (χ0n) is 17.2. The van der Waals surface area contributed by atoms with Crippen molar-refractivity contribution < 1.29 is 18.3 Å². The zero-order chi connectivity index (χ0) is 21.8. The smallest absolute Gasteiger partial charge is 0.150 e. The maximum atomic E-state index is 14.4. The second kappa shape index (κ2) is 9.39. The number of aromatic nitrogens is 1. The lowest BCUT2D eigenvalue weighted by molar-refractivity contribution is 0.293. The first kappa shape index (κ1) is 22.0. The average molecular weight is 416 g/mol. The van der Waals surface area contributed by atoms with E-state index >= 15 is 0 Å². The third-order valence-corrected chi connectivity index (χ3v) is 5.43. The number of nitrogens with one attached hydrogen (secondary N) is 2. The number of hydrogen-bond donors (Lipinski definition) is 3. The maximum Gasteiger partial charge on any atom is 0.150 e. The molecule has 3 rings (SSSR count). The van der Waals surface area contributed by atoms with E-state index in [9.17, 15) is 13.2 Å². The first-order chi connectivity index (χ1) is 14.3. The monoisotopic (exact) mass is 416 g/mol. The zero-order valence-corrected chi connectivity index (χ0v) is 17.2. The van der Waals surface area contributed by atoms with Crippen LogP contribution in [0.4, 0.5) is 13.2 Å². The molecular weight excluding hydrogens is 389 g/mol. The molecule has 0 aliphatic carbocycles. The standard InChI is InChI=1S/C24H27F3N2O/c1-14(10-15(2)16(3)28-8-9-30)11-20-21-12-19(26)13-22(27)24(21)29-23(20)17-4-6-18(25)7-5-17/h4-7,12-15,28-30H,3,8-11H2,1-2H3. The molecule has 0 fully saturated rings. The van der Waals surface area contributed by atoms with Crippen molar-refractivity contribution >= 4 is 10.9 Å². The number of aliphatic hydroxyl groups is 1. The van der Waals surface area contributed by atoms with Crippen LogP contribution in [0.1, 0.15) is 25.8 Å². The third-order valence-electron chi connectivity index (χ3n) is 5.43. The highest BCUT2D eigenvalue weighted by Gasteiger charge is 2.20. The van der Waals surface area contributed by atoms with Crippen LogP contribution in [0.25, 0.3) is 22.2 Å². The second-order valence-corrected chi connectivity index (χ2v) is 7.92. The van der Waals surface area contributed by atoms with Gasteiger partial charge < -0.3 is 15.4 Å². The van der Waals surface area contributed by atoms with Gasteiger partial charge in [0.05, 0.1) is 12.1 Å². The average Bonchev–Trinajstić information content (AvgIpc) is 3.05. The topological polar surface area (TPSA) is 48.0 Å². The van der Waals surface area contributed by atoms with Gasteiger partial charge in [-0.15, -0.1) is 0 Å². The molecule has 0 bridgehead atoms. The summed E-state index contributed by atoms with van der Waals surface area (Å²) in [6, 6.07) is 8.17. The van der Waals surface area contributed by atoms with Gasteiger partial charge in [-0.2, -0.15) is 0 Å². The molecule has 2 unspecified atom stereocenters. The van der Waals surface area contributed by atoms with E-state index in [0.29, 0.717) is 24.0 Å². The lowest BCUT2D eigenvalue weighted by Crippen LogP contribution is -2.22. The van der Waals surface area contributed by atoms with Crippen molar-refractivity contribution in [3.05, 3.63) is 71.7 Å². The van der Waals surface area contributed by atoms with Crippen LogP contribution in [0.5, 0.6) is 0 Å². The molecule has 1 aromatic heterocycles. The van der Waals surface area contributed by atoms with Crippen molar-refractivity contribution in [3.8, 4) is 11.3 Å². The molecule has 0 spiro atoms. The lowest BCUT2D eigenvalue weighted by atomic mass is 9.88. The molecule has 160 valence electrons. The summed E-state index contributed by atoms with van der Waals surface area (Å²) >= 11 is 0. The number of benzene rings is 2. The number of rotatable bonds is 9. The van der Waals surface area contributed by atoms with Crippen LogP contribution < -0.4 is 5.32 Å². The maximum absolute atomic E-state index is 14.4. The molecule has 2 atom stereocenters. The van der Waals surface area contributed by atoms with E-state index in [1.807, 2.05) is 0 Å². The Morgan fingerprint density at radius 1 is 1.10 bits per heavy atom. The summed E-state index contributed by atoms with van der Waals surface area (Å²) < 4.78 is 41.8.